The standard InChI is InChI=1S/C10H13FO/c1-3-8-5-6-9(12-4-2)7-10(8)11/h5-7H,3-4H2,1-2H3. The number of hydrogen-bond donors (Lipinski definition) is 0. The molecule has 0 aliphatic rings. The summed E-state index contributed by atoms with van der Waals surface area (Å²) in [7, 11) is 0. The van der Waals surface area contributed by atoms with Crippen LogP contribution in [-0.2, 0) is 6.42 Å². The van der Waals surface area contributed by atoms with E-state index < -0.39 is 0 Å². The number of benzene rings is 1. The van der Waals surface area contributed by atoms with Crippen LogP contribution in [0.15, 0.2) is 18.2 Å². The number of halogens is 1. The first-order valence-electron chi connectivity index (χ1n) is 4.19. The van der Waals surface area contributed by atoms with Crippen molar-refractivity contribution in [1.29, 1.82) is 0 Å². The van der Waals surface area contributed by atoms with Crippen LogP contribution >= 0.6 is 0 Å². The zero-order chi connectivity index (χ0) is 8.97. The summed E-state index contributed by atoms with van der Waals surface area (Å²) in [6.07, 6.45) is 0.720. The lowest BCUT2D eigenvalue weighted by molar-refractivity contribution is 0.338. The van der Waals surface area contributed by atoms with Crippen molar-refractivity contribution in [1.82, 2.24) is 0 Å². The number of hydrogen-bond acceptors (Lipinski definition) is 1. The molecule has 0 unspecified atom stereocenters. The van der Waals surface area contributed by atoms with Crippen molar-refractivity contribution in [3.8, 4) is 5.75 Å². The molecule has 0 radical (unpaired) electrons. The van der Waals surface area contributed by atoms with Crippen LogP contribution in [0.1, 0.15) is 19.4 Å². The van der Waals surface area contributed by atoms with E-state index >= 15 is 0 Å². The molecule has 1 aromatic carbocycles. The monoisotopic (exact) mass is 168 g/mol. The minimum absolute atomic E-state index is 0.177. The summed E-state index contributed by atoms with van der Waals surface area (Å²) >= 11 is 0. The Morgan fingerprint density at radius 3 is 2.58 bits per heavy atom. The highest BCUT2D eigenvalue weighted by atomic mass is 19.1. The van der Waals surface area contributed by atoms with E-state index in [1.54, 1.807) is 12.1 Å². The predicted molar refractivity (Wildman–Crippen MR) is 46.9 cm³/mol. The Balaban J connectivity index is 2.86. The second kappa shape index (κ2) is 4.10. The van der Waals surface area contributed by atoms with E-state index in [1.807, 2.05) is 13.8 Å². The van der Waals surface area contributed by atoms with Crippen molar-refractivity contribution in [2.24, 2.45) is 0 Å². The van der Waals surface area contributed by atoms with Gasteiger partial charge < -0.3 is 4.74 Å². The van der Waals surface area contributed by atoms with Crippen LogP contribution in [0.2, 0.25) is 0 Å². The Hall–Kier alpha value is -1.05. The zero-order valence-corrected chi connectivity index (χ0v) is 7.43. The number of ether oxygens (including phenoxy) is 1. The Bertz CT molecular complexity index is 258. The van der Waals surface area contributed by atoms with Crippen LogP contribution in [0.5, 0.6) is 5.75 Å². The van der Waals surface area contributed by atoms with Crippen molar-refractivity contribution < 1.29 is 9.13 Å². The van der Waals surface area contributed by atoms with Gasteiger partial charge in [-0.3, -0.25) is 0 Å². The van der Waals surface area contributed by atoms with Crippen molar-refractivity contribution in [2.75, 3.05) is 6.61 Å². The van der Waals surface area contributed by atoms with E-state index in [9.17, 15) is 4.39 Å². The predicted octanol–water partition coefficient (Wildman–Crippen LogP) is 2.79. The average molecular weight is 168 g/mol. The second-order valence-electron chi connectivity index (χ2n) is 2.54. The molecule has 0 heterocycles. The summed E-state index contributed by atoms with van der Waals surface area (Å²) in [5, 5.41) is 0. The molecule has 12 heavy (non-hydrogen) atoms. The number of rotatable bonds is 3. The van der Waals surface area contributed by atoms with Gasteiger partial charge in [0.1, 0.15) is 11.6 Å². The van der Waals surface area contributed by atoms with Gasteiger partial charge in [0.2, 0.25) is 0 Å². The second-order valence-corrected chi connectivity index (χ2v) is 2.54. The molecule has 0 spiro atoms. The maximum atomic E-state index is 13.1. The van der Waals surface area contributed by atoms with E-state index in [1.165, 1.54) is 6.07 Å². The lowest BCUT2D eigenvalue weighted by atomic mass is 10.1. The first kappa shape index (κ1) is 9.04. The molecule has 2 heteroatoms. The summed E-state index contributed by atoms with van der Waals surface area (Å²) in [6, 6.07) is 4.99. The van der Waals surface area contributed by atoms with Gasteiger partial charge in [-0.15, -0.1) is 0 Å². The molecule has 0 saturated carbocycles. The normalized spacial score (nSPS) is 9.92. The quantitative estimate of drug-likeness (QED) is 0.674. The van der Waals surface area contributed by atoms with Crippen LogP contribution in [-0.4, -0.2) is 6.61 Å². The topological polar surface area (TPSA) is 9.23 Å². The van der Waals surface area contributed by atoms with E-state index in [-0.39, 0.29) is 5.82 Å². The zero-order valence-electron chi connectivity index (χ0n) is 7.43. The maximum absolute atomic E-state index is 13.1. The highest BCUT2D eigenvalue weighted by Crippen LogP contribution is 2.16. The minimum atomic E-state index is -0.177. The van der Waals surface area contributed by atoms with E-state index in [4.69, 9.17) is 4.74 Å². The average Bonchev–Trinajstić information content (AvgIpc) is 2.05. The van der Waals surface area contributed by atoms with E-state index in [0.717, 1.165) is 12.0 Å². The van der Waals surface area contributed by atoms with Crippen LogP contribution < -0.4 is 4.74 Å². The fraction of sp³-hybridized carbons (Fsp3) is 0.400. The molecule has 0 aromatic heterocycles. The molecule has 0 N–H and O–H groups in total. The van der Waals surface area contributed by atoms with E-state index in [0.29, 0.717) is 12.4 Å². The van der Waals surface area contributed by atoms with Gasteiger partial charge in [0.25, 0.3) is 0 Å². The molecular formula is C10H13FO. The van der Waals surface area contributed by atoms with Gasteiger partial charge in [-0.05, 0) is 25.0 Å². The van der Waals surface area contributed by atoms with Gasteiger partial charge in [0.05, 0.1) is 6.61 Å². The SMILES string of the molecule is CCOc1ccc(CC)c(F)c1. The van der Waals surface area contributed by atoms with Crippen molar-refractivity contribution in [3.63, 3.8) is 0 Å². The fourth-order valence-electron chi connectivity index (χ4n) is 1.07. The first-order valence-corrected chi connectivity index (χ1v) is 4.19. The first-order chi connectivity index (χ1) is 5.77. The molecule has 0 fully saturated rings. The molecule has 0 amide bonds. The van der Waals surface area contributed by atoms with Crippen LogP contribution in [0.4, 0.5) is 4.39 Å². The molecule has 66 valence electrons. The molecule has 1 nitrogen and oxygen atoms in total. The van der Waals surface area contributed by atoms with Gasteiger partial charge in [-0.25, -0.2) is 4.39 Å². The third-order valence-corrected chi connectivity index (χ3v) is 1.72. The van der Waals surface area contributed by atoms with Gasteiger partial charge >= 0.3 is 0 Å². The number of aryl methyl sites for hydroxylation is 1. The molecule has 0 saturated heterocycles. The van der Waals surface area contributed by atoms with Gasteiger partial charge in [0, 0.05) is 6.07 Å². The van der Waals surface area contributed by atoms with Crippen LogP contribution in [0, 0.1) is 5.82 Å². The largest absolute Gasteiger partial charge is 0.494 e. The highest BCUT2D eigenvalue weighted by molar-refractivity contribution is 5.28. The maximum Gasteiger partial charge on any atom is 0.130 e. The molecule has 1 aromatic rings. The van der Waals surface area contributed by atoms with Crippen LogP contribution in [0.3, 0.4) is 0 Å². The summed E-state index contributed by atoms with van der Waals surface area (Å²) in [4.78, 5) is 0. The Morgan fingerprint density at radius 1 is 1.33 bits per heavy atom. The summed E-state index contributed by atoms with van der Waals surface area (Å²) in [5.74, 6) is 0.427. The smallest absolute Gasteiger partial charge is 0.130 e. The Morgan fingerprint density at radius 2 is 2.08 bits per heavy atom. The summed E-state index contributed by atoms with van der Waals surface area (Å²) < 4.78 is 18.2. The molecule has 1 rings (SSSR count). The molecule has 0 aliphatic heterocycles. The summed E-state index contributed by atoms with van der Waals surface area (Å²) in [6.45, 7) is 4.38. The van der Waals surface area contributed by atoms with Crippen molar-refractivity contribution >= 4 is 0 Å². The fourth-order valence-corrected chi connectivity index (χ4v) is 1.07. The molecular weight excluding hydrogens is 155 g/mol. The molecule has 0 atom stereocenters. The lowest BCUT2D eigenvalue weighted by Crippen LogP contribution is -1.94. The van der Waals surface area contributed by atoms with Gasteiger partial charge in [-0.1, -0.05) is 13.0 Å². The lowest BCUT2D eigenvalue weighted by Gasteiger charge is -2.04. The van der Waals surface area contributed by atoms with Crippen molar-refractivity contribution in [2.45, 2.75) is 20.3 Å². The van der Waals surface area contributed by atoms with Crippen LogP contribution in [0.25, 0.3) is 0 Å². The Labute approximate surface area is 72.2 Å². The summed E-state index contributed by atoms with van der Waals surface area (Å²) in [5.41, 5.74) is 0.735. The third kappa shape index (κ3) is 1.97. The third-order valence-electron chi connectivity index (χ3n) is 1.72. The molecule has 0 bridgehead atoms. The highest BCUT2D eigenvalue weighted by Gasteiger charge is 2.00. The Kier molecular flexibility index (Phi) is 3.09. The van der Waals surface area contributed by atoms with Gasteiger partial charge in [0.15, 0.2) is 0 Å². The van der Waals surface area contributed by atoms with Gasteiger partial charge in [-0.2, -0.15) is 0 Å². The molecule has 0 aliphatic carbocycles. The minimum Gasteiger partial charge on any atom is -0.494 e. The van der Waals surface area contributed by atoms with E-state index in [2.05, 4.69) is 0 Å². The van der Waals surface area contributed by atoms with Crippen molar-refractivity contribution in [3.05, 3.63) is 29.6 Å².